The fraction of sp³-hybridized carbons (Fsp3) is 0.320. The van der Waals surface area contributed by atoms with E-state index in [-0.39, 0.29) is 35.4 Å². The molecule has 1 aliphatic rings. The lowest BCUT2D eigenvalue weighted by atomic mass is 10.1. The molecule has 0 aliphatic carbocycles. The summed E-state index contributed by atoms with van der Waals surface area (Å²) in [5.41, 5.74) is 4.75. The molecule has 5 rings (SSSR count). The molecule has 1 aliphatic heterocycles. The standard InChI is InChI=1S/C25H25N3O4S2/c1-15-4-6-18(7-5-15)21-12-33-24-23(21)25(30)27(14-26-24)11-22(29)20-10-16(2)28(17(20)3)19-8-9-34(31,32)13-19/h4-7,10,12,14,19H,8-9,11,13H2,1-3H3/t19-/m1/s1. The number of hydrogen-bond acceptors (Lipinski definition) is 6. The summed E-state index contributed by atoms with van der Waals surface area (Å²) in [5, 5.41) is 2.45. The van der Waals surface area contributed by atoms with Gasteiger partial charge in [-0.25, -0.2) is 13.4 Å². The summed E-state index contributed by atoms with van der Waals surface area (Å²) in [6, 6.07) is 9.61. The Morgan fingerprint density at radius 1 is 1.18 bits per heavy atom. The Hall–Kier alpha value is -3.04. The van der Waals surface area contributed by atoms with E-state index in [1.165, 1.54) is 22.2 Å². The first-order chi connectivity index (χ1) is 16.1. The summed E-state index contributed by atoms with van der Waals surface area (Å²) >= 11 is 1.41. The number of aromatic nitrogens is 3. The van der Waals surface area contributed by atoms with Crippen molar-refractivity contribution in [2.75, 3.05) is 11.5 Å². The number of Topliss-reactive ketones (excluding diaryl/α,β-unsaturated/α-hetero) is 1. The molecular weight excluding hydrogens is 470 g/mol. The number of hydrogen-bond donors (Lipinski definition) is 0. The van der Waals surface area contributed by atoms with E-state index in [2.05, 4.69) is 4.98 Å². The van der Waals surface area contributed by atoms with Crippen molar-refractivity contribution in [2.24, 2.45) is 0 Å². The Kier molecular flexibility index (Phi) is 5.56. The molecule has 0 saturated carbocycles. The maximum absolute atomic E-state index is 13.4. The Balaban J connectivity index is 1.48. The first-order valence-corrected chi connectivity index (χ1v) is 13.8. The van der Waals surface area contributed by atoms with E-state index in [4.69, 9.17) is 0 Å². The van der Waals surface area contributed by atoms with Gasteiger partial charge in [0.25, 0.3) is 5.56 Å². The summed E-state index contributed by atoms with van der Waals surface area (Å²) in [6.45, 7) is 5.61. The van der Waals surface area contributed by atoms with E-state index in [0.717, 1.165) is 28.1 Å². The van der Waals surface area contributed by atoms with Crippen LogP contribution in [0.5, 0.6) is 0 Å². The number of benzene rings is 1. The highest BCUT2D eigenvalue weighted by Crippen LogP contribution is 2.31. The molecule has 0 unspecified atom stereocenters. The lowest BCUT2D eigenvalue weighted by Crippen LogP contribution is -2.25. The third kappa shape index (κ3) is 3.92. The predicted molar refractivity (Wildman–Crippen MR) is 135 cm³/mol. The van der Waals surface area contributed by atoms with Crippen molar-refractivity contribution in [3.8, 4) is 11.1 Å². The molecule has 1 fully saturated rings. The third-order valence-electron chi connectivity index (χ3n) is 6.60. The van der Waals surface area contributed by atoms with Crippen LogP contribution in [0.1, 0.15) is 39.8 Å². The molecule has 1 atom stereocenters. The van der Waals surface area contributed by atoms with Crippen molar-refractivity contribution < 1.29 is 13.2 Å². The number of carbonyl (C=O) groups is 1. The summed E-state index contributed by atoms with van der Waals surface area (Å²) in [6.07, 6.45) is 1.98. The van der Waals surface area contributed by atoms with Crippen molar-refractivity contribution in [1.82, 2.24) is 14.1 Å². The summed E-state index contributed by atoms with van der Waals surface area (Å²) in [7, 11) is -3.05. The average Bonchev–Trinajstić information content (AvgIpc) is 3.46. The van der Waals surface area contributed by atoms with Gasteiger partial charge in [-0.3, -0.25) is 14.2 Å². The number of aryl methyl sites for hydroxylation is 2. The van der Waals surface area contributed by atoms with Gasteiger partial charge in [0.1, 0.15) is 4.83 Å². The number of nitrogens with zero attached hydrogens (tertiary/aromatic N) is 3. The fourth-order valence-electron chi connectivity index (χ4n) is 4.87. The van der Waals surface area contributed by atoms with Gasteiger partial charge in [-0.1, -0.05) is 29.8 Å². The van der Waals surface area contributed by atoms with Crippen LogP contribution >= 0.6 is 11.3 Å². The zero-order chi connectivity index (χ0) is 24.2. The number of carbonyl (C=O) groups excluding carboxylic acids is 1. The van der Waals surface area contributed by atoms with Crippen molar-refractivity contribution >= 4 is 37.2 Å². The molecule has 34 heavy (non-hydrogen) atoms. The smallest absolute Gasteiger partial charge is 0.263 e. The minimum Gasteiger partial charge on any atom is -0.344 e. The van der Waals surface area contributed by atoms with Gasteiger partial charge in [0.15, 0.2) is 15.6 Å². The molecular formula is C25H25N3O4S2. The minimum absolute atomic E-state index is 0.0942. The first kappa shape index (κ1) is 22.7. The number of ketones is 1. The Morgan fingerprint density at radius 3 is 2.59 bits per heavy atom. The van der Waals surface area contributed by atoms with Crippen LogP contribution in [-0.4, -0.2) is 39.8 Å². The third-order valence-corrected chi connectivity index (χ3v) is 9.23. The number of sulfone groups is 1. The van der Waals surface area contributed by atoms with Crippen molar-refractivity contribution in [2.45, 2.75) is 39.8 Å². The average molecular weight is 496 g/mol. The Bertz CT molecular complexity index is 1590. The highest BCUT2D eigenvalue weighted by atomic mass is 32.2. The topological polar surface area (TPSA) is 91.0 Å². The second-order valence-corrected chi connectivity index (χ2v) is 12.1. The van der Waals surface area contributed by atoms with E-state index in [1.54, 1.807) is 6.07 Å². The van der Waals surface area contributed by atoms with Crippen LogP contribution in [0.3, 0.4) is 0 Å². The van der Waals surface area contributed by atoms with Gasteiger partial charge >= 0.3 is 0 Å². The van der Waals surface area contributed by atoms with Crippen molar-refractivity contribution in [3.63, 3.8) is 0 Å². The van der Waals surface area contributed by atoms with Crippen LogP contribution in [0.4, 0.5) is 0 Å². The lowest BCUT2D eigenvalue weighted by molar-refractivity contribution is 0.0970. The fourth-order valence-corrected chi connectivity index (χ4v) is 7.47. The maximum Gasteiger partial charge on any atom is 0.263 e. The van der Waals surface area contributed by atoms with E-state index in [1.807, 2.05) is 55.0 Å². The second kappa shape index (κ2) is 8.32. The zero-order valence-corrected chi connectivity index (χ0v) is 20.9. The largest absolute Gasteiger partial charge is 0.344 e. The molecule has 7 nitrogen and oxygen atoms in total. The monoisotopic (exact) mass is 495 g/mol. The minimum atomic E-state index is -3.05. The summed E-state index contributed by atoms with van der Waals surface area (Å²) in [5.74, 6) is 0.0654. The molecule has 4 heterocycles. The van der Waals surface area contributed by atoms with E-state index >= 15 is 0 Å². The highest BCUT2D eigenvalue weighted by molar-refractivity contribution is 7.91. The van der Waals surface area contributed by atoms with Gasteiger partial charge in [-0.2, -0.15) is 0 Å². The molecule has 176 valence electrons. The van der Waals surface area contributed by atoms with Gasteiger partial charge in [0.2, 0.25) is 0 Å². The molecule has 0 amide bonds. The maximum atomic E-state index is 13.4. The number of thiophene rings is 1. The van der Waals surface area contributed by atoms with Crippen LogP contribution in [0.25, 0.3) is 21.3 Å². The summed E-state index contributed by atoms with van der Waals surface area (Å²) in [4.78, 5) is 31.7. The van der Waals surface area contributed by atoms with Gasteiger partial charge in [0, 0.05) is 33.9 Å². The number of rotatable bonds is 5. The Morgan fingerprint density at radius 2 is 1.91 bits per heavy atom. The Labute approximate surface area is 201 Å². The molecule has 0 spiro atoms. The van der Waals surface area contributed by atoms with Gasteiger partial charge in [-0.05, 0) is 38.8 Å². The second-order valence-electron chi connectivity index (χ2n) is 9.01. The van der Waals surface area contributed by atoms with Crippen LogP contribution in [0, 0.1) is 20.8 Å². The molecule has 9 heteroatoms. The highest BCUT2D eigenvalue weighted by Gasteiger charge is 2.31. The van der Waals surface area contributed by atoms with Crippen molar-refractivity contribution in [1.29, 1.82) is 0 Å². The number of fused-ring (bicyclic) bond motifs is 1. The SMILES string of the molecule is Cc1ccc(-c2csc3ncn(CC(=O)c4cc(C)n([C@@H]5CCS(=O)(=O)C5)c4C)c(=O)c23)cc1. The molecule has 4 aromatic rings. The predicted octanol–water partition coefficient (Wildman–Crippen LogP) is 4.09. The van der Waals surface area contributed by atoms with E-state index in [9.17, 15) is 18.0 Å². The van der Waals surface area contributed by atoms with Gasteiger partial charge in [0.05, 0.1) is 29.8 Å². The van der Waals surface area contributed by atoms with Crippen molar-refractivity contribution in [3.05, 3.63) is 74.9 Å². The van der Waals surface area contributed by atoms with Crippen LogP contribution < -0.4 is 5.56 Å². The molecule has 0 N–H and O–H groups in total. The molecule has 0 radical (unpaired) electrons. The normalized spacial score (nSPS) is 17.4. The van der Waals surface area contributed by atoms with Crippen LogP contribution in [0.15, 0.2) is 46.8 Å². The van der Waals surface area contributed by atoms with Crippen LogP contribution in [-0.2, 0) is 16.4 Å². The molecule has 1 saturated heterocycles. The van der Waals surface area contributed by atoms with Gasteiger partial charge < -0.3 is 4.57 Å². The van der Waals surface area contributed by atoms with E-state index < -0.39 is 9.84 Å². The molecule has 3 aromatic heterocycles. The zero-order valence-electron chi connectivity index (χ0n) is 19.2. The van der Waals surface area contributed by atoms with E-state index in [0.29, 0.717) is 22.2 Å². The van der Waals surface area contributed by atoms with Crippen LogP contribution in [0.2, 0.25) is 0 Å². The quantitative estimate of drug-likeness (QED) is 0.389. The first-order valence-electron chi connectivity index (χ1n) is 11.1. The van der Waals surface area contributed by atoms with Gasteiger partial charge in [-0.15, -0.1) is 11.3 Å². The molecule has 1 aromatic carbocycles. The molecule has 0 bridgehead atoms. The summed E-state index contributed by atoms with van der Waals surface area (Å²) < 4.78 is 27.2. The lowest BCUT2D eigenvalue weighted by Gasteiger charge is -2.16.